The zero-order valence-electron chi connectivity index (χ0n) is 16.0. The van der Waals surface area contributed by atoms with E-state index in [2.05, 4.69) is 20.9 Å². The van der Waals surface area contributed by atoms with Crippen LogP contribution >= 0.6 is 15.9 Å². The summed E-state index contributed by atoms with van der Waals surface area (Å²) >= 11 is 3.13. The average molecular weight is 486 g/mol. The van der Waals surface area contributed by atoms with Crippen LogP contribution < -0.4 is 15.2 Å². The summed E-state index contributed by atoms with van der Waals surface area (Å²) in [7, 11) is 1.47. The Labute approximate surface area is 179 Å². The molecule has 2 aromatic carbocycles. The second-order valence-corrected chi connectivity index (χ2v) is 7.26. The third-order valence-electron chi connectivity index (χ3n) is 4.61. The minimum absolute atomic E-state index is 0.0237. The van der Waals surface area contributed by atoms with Crippen molar-refractivity contribution in [3.8, 4) is 11.5 Å². The standard InChI is InChI=1S/C20H19BrF3N3O3/c1-27-18(28)20(26-19(27)25,12-2-4-15(24)14(21)10-12)13-3-5-16(29-8-6-22)17(11-13)30-9-7-23/h2-5,10-11H,6-9H2,1H3,(H2,25,26). The van der Waals surface area contributed by atoms with E-state index in [-0.39, 0.29) is 35.1 Å². The number of rotatable bonds is 8. The van der Waals surface area contributed by atoms with E-state index in [1.54, 1.807) is 6.07 Å². The third kappa shape index (κ3) is 3.83. The van der Waals surface area contributed by atoms with E-state index in [1.165, 1.54) is 42.3 Å². The lowest BCUT2D eigenvalue weighted by atomic mass is 9.82. The quantitative estimate of drug-likeness (QED) is 0.622. The van der Waals surface area contributed by atoms with Crippen molar-refractivity contribution in [3.63, 3.8) is 0 Å². The number of hydrogen-bond donors (Lipinski definition) is 1. The summed E-state index contributed by atoms with van der Waals surface area (Å²) in [6.07, 6.45) is 0. The Morgan fingerprint density at radius 2 is 1.67 bits per heavy atom. The van der Waals surface area contributed by atoms with Gasteiger partial charge in [0.1, 0.15) is 32.4 Å². The molecule has 0 saturated carbocycles. The minimum Gasteiger partial charge on any atom is -0.487 e. The number of ether oxygens (including phenoxy) is 2. The topological polar surface area (TPSA) is 77.2 Å². The molecule has 2 aromatic rings. The van der Waals surface area contributed by atoms with E-state index >= 15 is 0 Å². The molecule has 1 aliphatic rings. The van der Waals surface area contributed by atoms with Crippen LogP contribution in [0.15, 0.2) is 45.9 Å². The highest BCUT2D eigenvalue weighted by Crippen LogP contribution is 2.43. The molecule has 160 valence electrons. The van der Waals surface area contributed by atoms with Gasteiger partial charge in [0, 0.05) is 7.05 Å². The van der Waals surface area contributed by atoms with Gasteiger partial charge >= 0.3 is 0 Å². The molecule has 2 N–H and O–H groups in total. The predicted molar refractivity (Wildman–Crippen MR) is 109 cm³/mol. The molecular formula is C20H19BrF3N3O3. The Hall–Kier alpha value is -2.75. The first-order valence-electron chi connectivity index (χ1n) is 8.96. The monoisotopic (exact) mass is 485 g/mol. The molecule has 6 nitrogen and oxygen atoms in total. The van der Waals surface area contributed by atoms with Gasteiger partial charge in [-0.25, -0.2) is 18.2 Å². The van der Waals surface area contributed by atoms with Crippen molar-refractivity contribution >= 4 is 27.8 Å². The summed E-state index contributed by atoms with van der Waals surface area (Å²) in [6.45, 7) is -1.95. The zero-order valence-corrected chi connectivity index (χ0v) is 17.6. The van der Waals surface area contributed by atoms with Gasteiger partial charge in [0.15, 0.2) is 23.0 Å². The molecular weight excluding hydrogens is 467 g/mol. The summed E-state index contributed by atoms with van der Waals surface area (Å²) in [5.74, 6) is -0.685. The molecule has 0 radical (unpaired) electrons. The smallest absolute Gasteiger partial charge is 0.266 e. The van der Waals surface area contributed by atoms with Gasteiger partial charge in [0.2, 0.25) is 0 Å². The number of carbonyl (C=O) groups excluding carboxylic acids is 1. The Morgan fingerprint density at radius 1 is 1.07 bits per heavy atom. The number of alkyl halides is 2. The van der Waals surface area contributed by atoms with Gasteiger partial charge in [-0.2, -0.15) is 0 Å². The highest BCUT2D eigenvalue weighted by atomic mass is 79.9. The average Bonchev–Trinajstić information content (AvgIpc) is 2.97. The summed E-state index contributed by atoms with van der Waals surface area (Å²) in [4.78, 5) is 18.8. The molecule has 3 rings (SSSR count). The van der Waals surface area contributed by atoms with Crippen molar-refractivity contribution in [2.45, 2.75) is 5.54 Å². The summed E-state index contributed by atoms with van der Waals surface area (Å²) in [6, 6.07) is 8.59. The summed E-state index contributed by atoms with van der Waals surface area (Å²) < 4.78 is 49.9. The second-order valence-electron chi connectivity index (χ2n) is 6.41. The molecule has 1 unspecified atom stereocenters. The van der Waals surface area contributed by atoms with E-state index < -0.39 is 30.6 Å². The van der Waals surface area contributed by atoms with Crippen LogP contribution in [0.3, 0.4) is 0 Å². The van der Waals surface area contributed by atoms with Gasteiger partial charge in [0.25, 0.3) is 5.91 Å². The van der Waals surface area contributed by atoms with Gasteiger partial charge in [-0.15, -0.1) is 0 Å². The summed E-state index contributed by atoms with van der Waals surface area (Å²) in [5.41, 5.74) is 5.02. The van der Waals surface area contributed by atoms with E-state index in [9.17, 15) is 18.0 Å². The first-order valence-corrected chi connectivity index (χ1v) is 9.75. The number of carbonyl (C=O) groups is 1. The maximum atomic E-state index is 13.8. The highest BCUT2D eigenvalue weighted by Gasteiger charge is 2.50. The van der Waals surface area contributed by atoms with Crippen molar-refractivity contribution in [3.05, 3.63) is 57.8 Å². The Morgan fingerprint density at radius 3 is 2.23 bits per heavy atom. The molecule has 0 aromatic heterocycles. The van der Waals surface area contributed by atoms with Crippen molar-refractivity contribution < 1.29 is 27.4 Å². The van der Waals surface area contributed by atoms with E-state index in [0.29, 0.717) is 11.1 Å². The van der Waals surface area contributed by atoms with Crippen LogP contribution in [0.2, 0.25) is 0 Å². The van der Waals surface area contributed by atoms with Crippen LogP contribution in [0.25, 0.3) is 0 Å². The molecule has 1 heterocycles. The molecule has 0 fully saturated rings. The fourth-order valence-electron chi connectivity index (χ4n) is 3.17. The maximum absolute atomic E-state index is 13.8. The lowest BCUT2D eigenvalue weighted by Gasteiger charge is -2.27. The second kappa shape index (κ2) is 8.95. The fraction of sp³-hybridized carbons (Fsp3) is 0.300. The van der Waals surface area contributed by atoms with E-state index in [1.807, 2.05) is 0 Å². The first-order chi connectivity index (χ1) is 14.3. The lowest BCUT2D eigenvalue weighted by Crippen LogP contribution is -2.41. The molecule has 1 aliphatic heterocycles. The normalized spacial score (nSPS) is 18.5. The fourth-order valence-corrected chi connectivity index (χ4v) is 3.55. The number of nitrogens with zero attached hydrogens (tertiary/aromatic N) is 2. The largest absolute Gasteiger partial charge is 0.487 e. The van der Waals surface area contributed by atoms with Gasteiger partial charge < -0.3 is 15.2 Å². The number of guanidine groups is 1. The lowest BCUT2D eigenvalue weighted by molar-refractivity contribution is -0.129. The molecule has 0 spiro atoms. The molecule has 10 heteroatoms. The van der Waals surface area contributed by atoms with Gasteiger partial charge in [0.05, 0.1) is 4.47 Å². The Kier molecular flexibility index (Phi) is 6.55. The maximum Gasteiger partial charge on any atom is 0.266 e. The number of hydrogen-bond acceptors (Lipinski definition) is 5. The molecule has 0 saturated heterocycles. The Balaban J connectivity index is 2.19. The van der Waals surface area contributed by atoms with Crippen molar-refractivity contribution in [2.75, 3.05) is 33.6 Å². The molecule has 1 atom stereocenters. The van der Waals surface area contributed by atoms with Crippen LogP contribution in [-0.2, 0) is 10.3 Å². The summed E-state index contributed by atoms with van der Waals surface area (Å²) in [5, 5.41) is 0. The predicted octanol–water partition coefficient (Wildman–Crippen LogP) is 3.32. The number of amides is 1. The van der Waals surface area contributed by atoms with Crippen LogP contribution in [0.5, 0.6) is 11.5 Å². The molecule has 1 amide bonds. The van der Waals surface area contributed by atoms with Gasteiger partial charge in [-0.05, 0) is 51.3 Å². The Bertz CT molecular complexity index is 989. The van der Waals surface area contributed by atoms with Crippen molar-refractivity contribution in [2.24, 2.45) is 10.7 Å². The number of benzene rings is 2. The number of nitrogens with two attached hydrogens (primary N) is 1. The number of aliphatic imine (C=N–C) groups is 1. The molecule has 30 heavy (non-hydrogen) atoms. The highest BCUT2D eigenvalue weighted by molar-refractivity contribution is 9.10. The number of likely N-dealkylation sites (N-methyl/N-ethyl adjacent to an activating group) is 1. The van der Waals surface area contributed by atoms with Gasteiger partial charge in [-0.1, -0.05) is 12.1 Å². The third-order valence-corrected chi connectivity index (χ3v) is 5.22. The van der Waals surface area contributed by atoms with Crippen molar-refractivity contribution in [1.29, 1.82) is 0 Å². The minimum atomic E-state index is -1.61. The van der Waals surface area contributed by atoms with E-state index in [0.717, 1.165) is 0 Å². The zero-order chi connectivity index (χ0) is 21.9. The van der Waals surface area contributed by atoms with Crippen LogP contribution in [0.4, 0.5) is 13.2 Å². The van der Waals surface area contributed by atoms with Crippen LogP contribution in [0.1, 0.15) is 11.1 Å². The number of halogens is 4. The first kappa shape index (κ1) is 21.9. The molecule has 0 bridgehead atoms. The van der Waals surface area contributed by atoms with Crippen LogP contribution in [-0.4, -0.2) is 50.4 Å². The van der Waals surface area contributed by atoms with Crippen molar-refractivity contribution in [1.82, 2.24) is 4.90 Å². The van der Waals surface area contributed by atoms with Crippen LogP contribution in [0, 0.1) is 5.82 Å². The molecule has 0 aliphatic carbocycles. The SMILES string of the molecule is CN1C(=O)C(c2ccc(F)c(Br)c2)(c2ccc(OCCF)c(OCCF)c2)N=C1N. The van der Waals surface area contributed by atoms with E-state index in [4.69, 9.17) is 15.2 Å². The van der Waals surface area contributed by atoms with Gasteiger partial charge in [-0.3, -0.25) is 9.69 Å².